The molecule has 2 heterocycles. The summed E-state index contributed by atoms with van der Waals surface area (Å²) in [7, 11) is -4.09. The predicted molar refractivity (Wildman–Crippen MR) is 73.0 cm³/mol. The number of aromatic nitrogens is 4. The molecule has 2 aromatic heterocycles. The lowest BCUT2D eigenvalue weighted by Crippen LogP contribution is -2.12. The fraction of sp³-hybridized carbons (Fsp3) is 0.300. The number of hydrogen-bond acceptors (Lipinski definition) is 5. The van der Waals surface area contributed by atoms with Crippen molar-refractivity contribution in [2.24, 2.45) is 0 Å². The maximum absolute atomic E-state index is 11.6. The van der Waals surface area contributed by atoms with E-state index in [2.05, 4.69) is 15.0 Å². The van der Waals surface area contributed by atoms with Crippen molar-refractivity contribution in [1.82, 2.24) is 19.5 Å². The van der Waals surface area contributed by atoms with Gasteiger partial charge >= 0.3 is 7.60 Å². The Morgan fingerprint density at radius 2 is 2.25 bits per heavy atom. The first-order valence-electron chi connectivity index (χ1n) is 5.80. The van der Waals surface area contributed by atoms with E-state index in [0.29, 0.717) is 25.0 Å². The van der Waals surface area contributed by atoms with Crippen molar-refractivity contribution >= 4 is 24.7 Å². The molecule has 20 heavy (non-hydrogen) atoms. The van der Waals surface area contributed by atoms with E-state index in [1.165, 1.54) is 12.4 Å². The third-order valence-electron chi connectivity index (χ3n) is 2.56. The van der Waals surface area contributed by atoms with Crippen LogP contribution in [0.3, 0.4) is 0 Å². The molecule has 108 valence electrons. The first-order chi connectivity index (χ1) is 9.37. The highest BCUT2D eigenvalue weighted by molar-refractivity contribution is 7.55. The Morgan fingerprint density at radius 3 is 2.95 bits per heavy atom. The summed E-state index contributed by atoms with van der Waals surface area (Å²) < 4.78 is 12.3. The number of nitrogens with one attached hydrogen (secondary N) is 1. The monoisotopic (exact) mass is 299 g/mol. The van der Waals surface area contributed by atoms with Crippen LogP contribution >= 0.6 is 7.60 Å². The van der Waals surface area contributed by atoms with Crippen LogP contribution in [-0.4, -0.2) is 29.3 Å². The molecule has 0 aliphatic carbocycles. The van der Waals surface area contributed by atoms with Gasteiger partial charge in [-0.15, -0.1) is 0 Å². The number of rotatable bonds is 5. The number of anilines is 1. The van der Waals surface area contributed by atoms with E-state index in [-0.39, 0.29) is 11.5 Å². The molecule has 9 nitrogen and oxygen atoms in total. The van der Waals surface area contributed by atoms with Crippen molar-refractivity contribution < 1.29 is 14.4 Å². The molecule has 5 N–H and O–H groups in total. The van der Waals surface area contributed by atoms with E-state index in [1.807, 2.05) is 0 Å². The second kappa shape index (κ2) is 5.58. The number of H-pyrrole nitrogens is 1. The molecule has 0 aliphatic heterocycles. The van der Waals surface area contributed by atoms with Gasteiger partial charge in [-0.1, -0.05) is 6.08 Å². The fourth-order valence-electron chi connectivity index (χ4n) is 1.73. The van der Waals surface area contributed by atoms with Gasteiger partial charge in [0.25, 0.3) is 5.56 Å². The van der Waals surface area contributed by atoms with E-state index in [9.17, 15) is 9.36 Å². The number of nitrogen functional groups attached to an aromatic ring is 1. The van der Waals surface area contributed by atoms with Gasteiger partial charge in [-0.3, -0.25) is 14.3 Å². The molecule has 0 spiro atoms. The smallest absolute Gasteiger partial charge is 0.348 e. The van der Waals surface area contributed by atoms with Gasteiger partial charge in [-0.25, -0.2) is 4.98 Å². The standard InChI is InChI=1S/C10H14N5O4P/c11-10-13-8-7(9(16)14-10)12-6-15(8)4-2-1-3-5-20(17,18)19/h3,5-6H,1-2,4H2,(H2,17,18,19)(H3,11,13,14,16)/b5-3+. The van der Waals surface area contributed by atoms with Crippen LogP contribution in [0.5, 0.6) is 0 Å². The normalized spacial score (nSPS) is 12.5. The predicted octanol–water partition coefficient (Wildman–Crippen LogP) is 0.173. The van der Waals surface area contributed by atoms with Crippen LogP contribution in [-0.2, 0) is 11.1 Å². The molecule has 0 bridgehead atoms. The second-order valence-corrected chi connectivity index (χ2v) is 5.65. The van der Waals surface area contributed by atoms with E-state index in [1.54, 1.807) is 4.57 Å². The van der Waals surface area contributed by atoms with Crippen LogP contribution in [0.1, 0.15) is 12.8 Å². The summed E-state index contributed by atoms with van der Waals surface area (Å²) in [5.41, 5.74) is 5.68. The lowest BCUT2D eigenvalue weighted by Gasteiger charge is -2.02. The number of imidazole rings is 1. The van der Waals surface area contributed by atoms with Crippen molar-refractivity contribution in [3.63, 3.8) is 0 Å². The molecule has 0 atom stereocenters. The second-order valence-electron chi connectivity index (χ2n) is 4.18. The van der Waals surface area contributed by atoms with E-state index in [4.69, 9.17) is 15.5 Å². The zero-order valence-corrected chi connectivity index (χ0v) is 11.3. The summed E-state index contributed by atoms with van der Waals surface area (Å²) in [6, 6.07) is 0. The molecule has 0 aliphatic rings. The van der Waals surface area contributed by atoms with Crippen LogP contribution < -0.4 is 11.3 Å². The zero-order chi connectivity index (χ0) is 14.8. The van der Waals surface area contributed by atoms with Crippen molar-refractivity contribution in [3.8, 4) is 0 Å². The number of aromatic amines is 1. The molecule has 0 saturated heterocycles. The van der Waals surface area contributed by atoms with Crippen molar-refractivity contribution in [1.29, 1.82) is 0 Å². The highest BCUT2D eigenvalue weighted by atomic mass is 31.2. The summed E-state index contributed by atoms with van der Waals surface area (Å²) in [6.45, 7) is 0.512. The Bertz CT molecular complexity index is 744. The molecular weight excluding hydrogens is 285 g/mol. The van der Waals surface area contributed by atoms with E-state index >= 15 is 0 Å². The van der Waals surface area contributed by atoms with Gasteiger partial charge in [0.05, 0.1) is 6.33 Å². The highest BCUT2D eigenvalue weighted by Gasteiger charge is 2.08. The largest absolute Gasteiger partial charge is 0.369 e. The number of allylic oxidation sites excluding steroid dienone is 1. The van der Waals surface area contributed by atoms with Gasteiger partial charge in [0.15, 0.2) is 11.2 Å². The van der Waals surface area contributed by atoms with Crippen LogP contribution in [0.2, 0.25) is 0 Å². The quantitative estimate of drug-likeness (QED) is 0.454. The van der Waals surface area contributed by atoms with E-state index in [0.717, 1.165) is 5.82 Å². The summed E-state index contributed by atoms with van der Waals surface area (Å²) in [5.74, 6) is 0.894. The average molecular weight is 299 g/mol. The maximum Gasteiger partial charge on any atom is 0.348 e. The number of fused-ring (bicyclic) bond motifs is 1. The van der Waals surface area contributed by atoms with Crippen LogP contribution in [0.4, 0.5) is 5.95 Å². The number of nitrogens with zero attached hydrogens (tertiary/aromatic N) is 3. The number of aryl methyl sites for hydroxylation is 1. The van der Waals surface area contributed by atoms with Gasteiger partial charge in [0.2, 0.25) is 5.95 Å². The third-order valence-corrected chi connectivity index (χ3v) is 3.16. The Kier molecular flexibility index (Phi) is 4.03. The average Bonchev–Trinajstić information content (AvgIpc) is 2.70. The molecule has 2 rings (SSSR count). The molecule has 10 heteroatoms. The number of unbranched alkanes of at least 4 members (excludes halogenated alkanes) is 1. The minimum absolute atomic E-state index is 0.0191. The lowest BCUT2D eigenvalue weighted by molar-refractivity contribution is 0.386. The summed E-state index contributed by atoms with van der Waals surface area (Å²) in [4.78, 5) is 39.2. The SMILES string of the molecule is Nc1nc2c(ncn2CCC/C=C/P(=O)(O)O)c(=O)[nH]1. The van der Waals surface area contributed by atoms with Crippen molar-refractivity contribution in [3.05, 3.63) is 28.6 Å². The van der Waals surface area contributed by atoms with Crippen LogP contribution in [0.15, 0.2) is 23.0 Å². The molecule has 0 amide bonds. The Morgan fingerprint density at radius 1 is 1.50 bits per heavy atom. The van der Waals surface area contributed by atoms with Crippen LogP contribution in [0.25, 0.3) is 11.2 Å². The van der Waals surface area contributed by atoms with Gasteiger partial charge < -0.3 is 20.1 Å². The number of hydrogen-bond donors (Lipinski definition) is 4. The number of nitrogens with two attached hydrogens (primary N) is 1. The summed E-state index contributed by atoms with van der Waals surface area (Å²) in [5, 5.41) is 0. The molecule has 0 unspecified atom stereocenters. The first kappa shape index (κ1) is 14.4. The minimum atomic E-state index is -4.09. The fourth-order valence-corrected chi connectivity index (χ4v) is 2.15. The highest BCUT2D eigenvalue weighted by Crippen LogP contribution is 2.36. The molecule has 0 fully saturated rings. The third kappa shape index (κ3) is 3.53. The molecular formula is C10H14N5O4P. The Hall–Kier alpha value is -1.96. The van der Waals surface area contributed by atoms with Crippen LogP contribution in [0, 0.1) is 0 Å². The van der Waals surface area contributed by atoms with Gasteiger partial charge in [-0.2, -0.15) is 4.98 Å². The Balaban J connectivity index is 2.06. The summed E-state index contributed by atoms with van der Waals surface area (Å²) >= 11 is 0. The van der Waals surface area contributed by atoms with E-state index < -0.39 is 13.2 Å². The van der Waals surface area contributed by atoms with Crippen molar-refractivity contribution in [2.75, 3.05) is 5.73 Å². The topological polar surface area (TPSA) is 147 Å². The maximum atomic E-state index is 11.6. The molecule has 2 aromatic rings. The molecule has 0 aromatic carbocycles. The minimum Gasteiger partial charge on any atom is -0.369 e. The first-order valence-corrected chi connectivity index (χ1v) is 7.48. The van der Waals surface area contributed by atoms with Crippen molar-refractivity contribution in [2.45, 2.75) is 19.4 Å². The zero-order valence-electron chi connectivity index (χ0n) is 10.4. The lowest BCUT2D eigenvalue weighted by atomic mass is 10.3. The Labute approximate surface area is 113 Å². The molecule has 0 radical (unpaired) electrons. The van der Waals surface area contributed by atoms with Gasteiger partial charge in [-0.05, 0) is 12.8 Å². The van der Waals surface area contributed by atoms with Gasteiger partial charge in [0.1, 0.15) is 0 Å². The molecule has 0 saturated carbocycles. The summed E-state index contributed by atoms with van der Waals surface area (Å²) in [6.07, 6.45) is 4.02. The van der Waals surface area contributed by atoms with Gasteiger partial charge in [0, 0.05) is 12.4 Å².